The van der Waals surface area contributed by atoms with Crippen LogP contribution in [0.4, 0.5) is 14.5 Å². The van der Waals surface area contributed by atoms with Crippen LogP contribution in [0.5, 0.6) is 0 Å². The summed E-state index contributed by atoms with van der Waals surface area (Å²) in [7, 11) is 0. The lowest BCUT2D eigenvalue weighted by molar-refractivity contribution is 0.0260. The average molecular weight is 544 g/mol. The predicted octanol–water partition coefficient (Wildman–Crippen LogP) is 4.31. The van der Waals surface area contributed by atoms with Crippen molar-refractivity contribution in [1.82, 2.24) is 29.5 Å². The van der Waals surface area contributed by atoms with Crippen LogP contribution in [0.25, 0.3) is 22.0 Å². The molecule has 0 aliphatic heterocycles. The molecule has 1 amide bonds. The Hall–Kier alpha value is -3.55. The van der Waals surface area contributed by atoms with E-state index in [2.05, 4.69) is 25.5 Å². The van der Waals surface area contributed by atoms with Gasteiger partial charge in [0.15, 0.2) is 5.82 Å². The number of pyridine rings is 1. The molecule has 0 aromatic carbocycles. The van der Waals surface area contributed by atoms with Crippen molar-refractivity contribution in [2.45, 2.75) is 51.3 Å². The zero-order valence-corrected chi connectivity index (χ0v) is 21.5. The van der Waals surface area contributed by atoms with Gasteiger partial charge in [-0.25, -0.2) is 14.4 Å². The fourth-order valence-electron chi connectivity index (χ4n) is 4.54. The first kappa shape index (κ1) is 26.1. The zero-order valence-electron chi connectivity index (χ0n) is 20.7. The Morgan fingerprint density at radius 3 is 2.76 bits per heavy atom. The third kappa shape index (κ3) is 5.64. The van der Waals surface area contributed by atoms with Gasteiger partial charge in [-0.15, -0.1) is 11.3 Å². The van der Waals surface area contributed by atoms with E-state index in [4.69, 9.17) is 9.84 Å². The molecule has 2 N–H and O–H groups in total. The van der Waals surface area contributed by atoms with Gasteiger partial charge in [0, 0.05) is 29.9 Å². The Balaban J connectivity index is 1.40. The maximum atomic E-state index is 14.7. The number of thiazole rings is 1. The van der Waals surface area contributed by atoms with Gasteiger partial charge >= 0.3 is 0 Å². The summed E-state index contributed by atoms with van der Waals surface area (Å²) in [4.78, 5) is 21.3. The summed E-state index contributed by atoms with van der Waals surface area (Å²) in [5.74, 6) is -2.12. The fraction of sp³-hybridized carbons (Fsp3) is 0.400. The van der Waals surface area contributed by atoms with Gasteiger partial charge in [0.2, 0.25) is 5.95 Å². The summed E-state index contributed by atoms with van der Waals surface area (Å²) < 4.78 is 37.6. The molecule has 4 aromatic heterocycles. The minimum Gasteiger partial charge on any atom is -0.394 e. The second-order valence-corrected chi connectivity index (χ2v) is 9.79. The van der Waals surface area contributed by atoms with Crippen molar-refractivity contribution in [3.8, 4) is 22.0 Å². The molecule has 0 unspecified atom stereocenters. The molecule has 1 aliphatic rings. The Morgan fingerprint density at radius 2 is 2.00 bits per heavy atom. The minimum absolute atomic E-state index is 0.0223. The third-order valence-electron chi connectivity index (χ3n) is 6.38. The van der Waals surface area contributed by atoms with E-state index < -0.39 is 17.7 Å². The van der Waals surface area contributed by atoms with E-state index >= 15 is 0 Å². The van der Waals surface area contributed by atoms with Gasteiger partial charge in [-0.1, -0.05) is 0 Å². The van der Waals surface area contributed by atoms with E-state index in [0.717, 1.165) is 37.8 Å². The zero-order chi connectivity index (χ0) is 26.6. The molecule has 10 nitrogen and oxygen atoms in total. The number of rotatable bonds is 9. The highest BCUT2D eigenvalue weighted by atomic mass is 32.1. The molecule has 1 saturated carbocycles. The van der Waals surface area contributed by atoms with Gasteiger partial charge < -0.3 is 15.2 Å². The summed E-state index contributed by atoms with van der Waals surface area (Å²) in [6, 6.07) is 1.94. The second-order valence-electron chi connectivity index (χ2n) is 8.93. The third-order valence-corrected chi connectivity index (χ3v) is 7.27. The molecule has 4 aromatic rings. The van der Waals surface area contributed by atoms with Gasteiger partial charge in [0.05, 0.1) is 37.2 Å². The minimum atomic E-state index is -0.851. The van der Waals surface area contributed by atoms with Crippen molar-refractivity contribution in [3.05, 3.63) is 53.6 Å². The summed E-state index contributed by atoms with van der Waals surface area (Å²) >= 11 is 1.27. The van der Waals surface area contributed by atoms with Crippen molar-refractivity contribution < 1.29 is 23.4 Å². The molecule has 1 fully saturated rings. The van der Waals surface area contributed by atoms with Gasteiger partial charge in [0.25, 0.3) is 5.91 Å². The fourth-order valence-corrected chi connectivity index (χ4v) is 5.31. The van der Waals surface area contributed by atoms with Crippen LogP contribution in [-0.4, -0.2) is 59.9 Å². The number of aliphatic hydroxyl groups is 1. The smallest absolute Gasteiger partial charge is 0.275 e. The number of amides is 1. The summed E-state index contributed by atoms with van der Waals surface area (Å²) in [6.07, 6.45) is 8.50. The molecular formula is C25H27F2N7O3S. The number of aliphatic hydroxyl groups excluding tert-OH is 1. The normalized spacial score (nSPS) is 17.6. The van der Waals surface area contributed by atoms with E-state index in [1.807, 2.05) is 6.92 Å². The number of carbonyl (C=O) groups is 1. The van der Waals surface area contributed by atoms with Crippen molar-refractivity contribution >= 4 is 22.9 Å². The summed E-state index contributed by atoms with van der Waals surface area (Å²) in [6.45, 7) is 2.93. The number of hydrogen-bond acceptors (Lipinski definition) is 8. The van der Waals surface area contributed by atoms with Gasteiger partial charge in [-0.3, -0.25) is 14.2 Å². The highest BCUT2D eigenvalue weighted by molar-refractivity contribution is 7.13. The Bertz CT molecular complexity index is 1410. The van der Waals surface area contributed by atoms with Crippen LogP contribution < -0.4 is 5.32 Å². The Morgan fingerprint density at radius 1 is 1.18 bits per heavy atom. The van der Waals surface area contributed by atoms with E-state index in [1.54, 1.807) is 33.3 Å². The van der Waals surface area contributed by atoms with Crippen molar-refractivity contribution in [2.24, 2.45) is 0 Å². The SMILES string of the molecule is CCO[C@H]1CC[C@H](n2cc(NC(=O)c3csc(-c4cnn(CCO)c4)n3)c(-c3nc(F)ccc3F)n2)CC1. The molecule has 0 atom stereocenters. The standard InChI is InChI=1S/C25H27F2N7O3S/c1-2-37-17-5-3-16(4-6-17)34-13-19(23(32-34)22-18(26)7-8-21(27)31-22)29-24(36)20-14-38-25(30-20)15-11-28-33(12-15)9-10-35/h7-8,11-14,16-17,35H,2-6,9-10H2,1H3,(H,29,36)/t16-,17-. The quantitative estimate of drug-likeness (QED) is 0.302. The number of hydrogen-bond donors (Lipinski definition) is 2. The molecule has 4 heterocycles. The number of carbonyl (C=O) groups excluding carboxylic acids is 1. The van der Waals surface area contributed by atoms with Crippen molar-refractivity contribution in [3.63, 3.8) is 0 Å². The number of ether oxygens (including phenoxy) is 1. The van der Waals surface area contributed by atoms with Crippen LogP contribution in [0.15, 0.2) is 36.1 Å². The van der Waals surface area contributed by atoms with Crippen LogP contribution in [0.3, 0.4) is 0 Å². The first-order valence-electron chi connectivity index (χ1n) is 12.4. The molecule has 38 heavy (non-hydrogen) atoms. The number of anilines is 1. The molecule has 200 valence electrons. The first-order valence-corrected chi connectivity index (χ1v) is 13.3. The molecular weight excluding hydrogens is 516 g/mol. The largest absolute Gasteiger partial charge is 0.394 e. The average Bonchev–Trinajstić information content (AvgIpc) is 3.66. The number of nitrogens with zero attached hydrogens (tertiary/aromatic N) is 6. The highest BCUT2D eigenvalue weighted by Crippen LogP contribution is 2.34. The molecule has 0 bridgehead atoms. The van der Waals surface area contributed by atoms with Crippen LogP contribution in [0.1, 0.15) is 49.1 Å². The van der Waals surface area contributed by atoms with Crippen LogP contribution in [-0.2, 0) is 11.3 Å². The lowest BCUT2D eigenvalue weighted by atomic mass is 9.93. The molecule has 0 saturated heterocycles. The molecule has 5 rings (SSSR count). The highest BCUT2D eigenvalue weighted by Gasteiger charge is 2.27. The molecule has 0 spiro atoms. The monoisotopic (exact) mass is 543 g/mol. The second kappa shape index (κ2) is 11.5. The lowest BCUT2D eigenvalue weighted by Crippen LogP contribution is -2.24. The maximum Gasteiger partial charge on any atom is 0.275 e. The van der Waals surface area contributed by atoms with Crippen LogP contribution >= 0.6 is 11.3 Å². The Labute approximate surface area is 221 Å². The number of nitrogens with one attached hydrogen (secondary N) is 1. The van der Waals surface area contributed by atoms with Crippen molar-refractivity contribution in [2.75, 3.05) is 18.5 Å². The van der Waals surface area contributed by atoms with E-state index in [9.17, 15) is 13.6 Å². The van der Waals surface area contributed by atoms with Crippen LogP contribution in [0.2, 0.25) is 0 Å². The summed E-state index contributed by atoms with van der Waals surface area (Å²) in [5.41, 5.74) is 0.845. The van der Waals surface area contributed by atoms with Gasteiger partial charge in [-0.2, -0.15) is 14.6 Å². The predicted molar refractivity (Wildman–Crippen MR) is 137 cm³/mol. The van der Waals surface area contributed by atoms with E-state index in [-0.39, 0.29) is 41.5 Å². The van der Waals surface area contributed by atoms with Crippen LogP contribution in [0, 0.1) is 11.8 Å². The molecule has 0 radical (unpaired) electrons. The lowest BCUT2D eigenvalue weighted by Gasteiger charge is -2.28. The molecule has 1 aliphatic carbocycles. The Kier molecular flexibility index (Phi) is 7.86. The van der Waals surface area contributed by atoms with E-state index in [0.29, 0.717) is 23.7 Å². The maximum absolute atomic E-state index is 14.7. The van der Waals surface area contributed by atoms with Gasteiger partial charge in [0.1, 0.15) is 22.1 Å². The van der Waals surface area contributed by atoms with E-state index in [1.165, 1.54) is 11.3 Å². The number of aromatic nitrogens is 6. The van der Waals surface area contributed by atoms with Crippen molar-refractivity contribution in [1.29, 1.82) is 0 Å². The topological polar surface area (TPSA) is 120 Å². The van der Waals surface area contributed by atoms with Gasteiger partial charge in [-0.05, 0) is 44.7 Å². The number of halogens is 2. The first-order chi connectivity index (χ1) is 18.4. The molecule has 13 heteroatoms. The summed E-state index contributed by atoms with van der Waals surface area (Å²) in [5, 5.41) is 22.7.